The van der Waals surface area contributed by atoms with Crippen LogP contribution in [0.4, 0.5) is 4.79 Å². The Morgan fingerprint density at radius 1 is 1.42 bits per heavy atom. The zero-order chi connectivity index (χ0) is 9.14. The topological polar surface area (TPSA) is 38.8 Å². The largest absolute Gasteiger partial charge is 0.453 e. The minimum Gasteiger partial charge on any atom is -0.453 e. The molecular weight excluding hydrogens is 158 g/mol. The number of hydrogen-bond acceptors (Lipinski definition) is 3. The number of morpholine rings is 1. The van der Waals surface area contributed by atoms with E-state index in [1.54, 1.807) is 4.90 Å². The van der Waals surface area contributed by atoms with Crippen molar-refractivity contribution in [2.24, 2.45) is 0 Å². The molecule has 0 aliphatic carbocycles. The van der Waals surface area contributed by atoms with Gasteiger partial charge in [-0.2, -0.15) is 0 Å². The third kappa shape index (κ3) is 2.11. The predicted molar refractivity (Wildman–Crippen MR) is 44.0 cm³/mol. The van der Waals surface area contributed by atoms with Crippen molar-refractivity contribution >= 4 is 6.09 Å². The summed E-state index contributed by atoms with van der Waals surface area (Å²) in [4.78, 5) is 12.8. The zero-order valence-electron chi connectivity index (χ0n) is 7.74. The summed E-state index contributed by atoms with van der Waals surface area (Å²) in [5.41, 5.74) is 0. The minimum absolute atomic E-state index is 0.104. The Hall–Kier alpha value is -0.770. The van der Waals surface area contributed by atoms with Gasteiger partial charge in [0.2, 0.25) is 0 Å². The maximum atomic E-state index is 11.1. The highest BCUT2D eigenvalue weighted by molar-refractivity contribution is 5.67. The number of methoxy groups -OCH3 is 1. The molecule has 0 unspecified atom stereocenters. The molecule has 4 heteroatoms. The van der Waals surface area contributed by atoms with Gasteiger partial charge in [0.15, 0.2) is 0 Å². The van der Waals surface area contributed by atoms with Gasteiger partial charge in [0.05, 0.1) is 32.4 Å². The van der Waals surface area contributed by atoms with Gasteiger partial charge >= 0.3 is 6.09 Å². The normalized spacial score (nSPS) is 30.1. The van der Waals surface area contributed by atoms with Crippen LogP contribution in [-0.4, -0.2) is 43.4 Å². The monoisotopic (exact) mass is 173 g/mol. The second kappa shape index (κ2) is 3.76. The van der Waals surface area contributed by atoms with Gasteiger partial charge in [-0.25, -0.2) is 4.79 Å². The first-order valence-corrected chi connectivity index (χ1v) is 4.12. The highest BCUT2D eigenvalue weighted by atomic mass is 16.5. The molecule has 0 spiro atoms. The first-order chi connectivity index (χ1) is 5.63. The quantitative estimate of drug-likeness (QED) is 0.545. The van der Waals surface area contributed by atoms with Crippen LogP contribution in [0.15, 0.2) is 0 Å². The van der Waals surface area contributed by atoms with Crippen LogP contribution >= 0.6 is 0 Å². The highest BCUT2D eigenvalue weighted by Crippen LogP contribution is 2.10. The Morgan fingerprint density at radius 3 is 2.33 bits per heavy atom. The molecule has 0 saturated carbocycles. The van der Waals surface area contributed by atoms with Crippen LogP contribution in [0.1, 0.15) is 13.8 Å². The summed E-state index contributed by atoms with van der Waals surface area (Å²) in [7, 11) is 1.40. The fourth-order valence-electron chi connectivity index (χ4n) is 1.46. The Bertz CT molecular complexity index is 162. The van der Waals surface area contributed by atoms with Crippen LogP contribution in [0.2, 0.25) is 0 Å². The van der Waals surface area contributed by atoms with Crippen LogP contribution in [0.5, 0.6) is 0 Å². The summed E-state index contributed by atoms with van der Waals surface area (Å²) < 4.78 is 10.1. The van der Waals surface area contributed by atoms with Crippen molar-refractivity contribution in [1.82, 2.24) is 4.90 Å². The molecule has 1 fully saturated rings. The Balaban J connectivity index is 2.49. The molecule has 0 bridgehead atoms. The van der Waals surface area contributed by atoms with Crippen molar-refractivity contribution in [1.29, 1.82) is 0 Å². The van der Waals surface area contributed by atoms with Gasteiger partial charge in [0.25, 0.3) is 0 Å². The SMILES string of the molecule is COC(=O)N1C[C@@H](C)O[C@@H](C)C1. The van der Waals surface area contributed by atoms with E-state index in [-0.39, 0.29) is 18.3 Å². The molecule has 12 heavy (non-hydrogen) atoms. The molecule has 1 amide bonds. The zero-order valence-corrected chi connectivity index (χ0v) is 7.74. The molecule has 1 heterocycles. The first-order valence-electron chi connectivity index (χ1n) is 4.12. The molecule has 0 aromatic heterocycles. The fraction of sp³-hybridized carbons (Fsp3) is 0.875. The molecule has 0 aromatic carbocycles. The molecule has 0 aromatic rings. The Labute approximate surface area is 72.4 Å². The molecule has 2 atom stereocenters. The minimum atomic E-state index is -0.267. The number of carbonyl (C=O) groups is 1. The van der Waals surface area contributed by atoms with Crippen LogP contribution in [-0.2, 0) is 9.47 Å². The Morgan fingerprint density at radius 2 is 1.92 bits per heavy atom. The second-order valence-corrected chi connectivity index (χ2v) is 3.13. The fourth-order valence-corrected chi connectivity index (χ4v) is 1.46. The molecule has 70 valence electrons. The third-order valence-corrected chi connectivity index (χ3v) is 1.85. The van der Waals surface area contributed by atoms with Crippen molar-refractivity contribution in [3.63, 3.8) is 0 Å². The maximum absolute atomic E-state index is 11.1. The van der Waals surface area contributed by atoms with E-state index in [1.807, 2.05) is 13.8 Å². The number of rotatable bonds is 0. The molecule has 1 saturated heterocycles. The highest BCUT2D eigenvalue weighted by Gasteiger charge is 2.25. The van der Waals surface area contributed by atoms with E-state index < -0.39 is 0 Å². The van der Waals surface area contributed by atoms with E-state index in [2.05, 4.69) is 4.74 Å². The van der Waals surface area contributed by atoms with Crippen molar-refractivity contribution in [2.75, 3.05) is 20.2 Å². The summed E-state index contributed by atoms with van der Waals surface area (Å²) in [5.74, 6) is 0. The third-order valence-electron chi connectivity index (χ3n) is 1.85. The number of carbonyl (C=O) groups excluding carboxylic acids is 1. The van der Waals surface area contributed by atoms with E-state index in [9.17, 15) is 4.79 Å². The standard InChI is InChI=1S/C8H15NO3/c1-6-4-9(8(10)11-3)5-7(2)12-6/h6-7H,4-5H2,1-3H3/t6-,7+. The van der Waals surface area contributed by atoms with Gasteiger partial charge in [-0.05, 0) is 13.8 Å². The van der Waals surface area contributed by atoms with Gasteiger partial charge in [0, 0.05) is 0 Å². The van der Waals surface area contributed by atoms with Crippen molar-refractivity contribution in [3.8, 4) is 0 Å². The smallest absolute Gasteiger partial charge is 0.409 e. The summed E-state index contributed by atoms with van der Waals surface area (Å²) in [6.45, 7) is 5.14. The van der Waals surface area contributed by atoms with E-state index in [4.69, 9.17) is 4.74 Å². The molecule has 0 radical (unpaired) electrons. The second-order valence-electron chi connectivity index (χ2n) is 3.13. The first kappa shape index (κ1) is 9.32. The number of hydrogen-bond donors (Lipinski definition) is 0. The van der Waals surface area contributed by atoms with E-state index >= 15 is 0 Å². The summed E-state index contributed by atoms with van der Waals surface area (Å²) in [6, 6.07) is 0. The lowest BCUT2D eigenvalue weighted by atomic mass is 10.2. The summed E-state index contributed by atoms with van der Waals surface area (Å²) >= 11 is 0. The lowest BCUT2D eigenvalue weighted by molar-refractivity contribution is -0.0620. The molecule has 1 rings (SSSR count). The van der Waals surface area contributed by atoms with Gasteiger partial charge in [-0.3, -0.25) is 0 Å². The van der Waals surface area contributed by atoms with E-state index in [0.717, 1.165) is 0 Å². The van der Waals surface area contributed by atoms with E-state index in [0.29, 0.717) is 13.1 Å². The van der Waals surface area contributed by atoms with Crippen LogP contribution in [0.25, 0.3) is 0 Å². The van der Waals surface area contributed by atoms with Crippen molar-refractivity contribution in [3.05, 3.63) is 0 Å². The number of amides is 1. The summed E-state index contributed by atoms with van der Waals surface area (Å²) in [5, 5.41) is 0. The van der Waals surface area contributed by atoms with Crippen LogP contribution in [0.3, 0.4) is 0 Å². The van der Waals surface area contributed by atoms with Gasteiger partial charge < -0.3 is 14.4 Å². The summed E-state index contributed by atoms with van der Waals surface area (Å²) in [6.07, 6.45) is -0.0577. The Kier molecular flexibility index (Phi) is 2.92. The van der Waals surface area contributed by atoms with Crippen molar-refractivity contribution in [2.45, 2.75) is 26.1 Å². The number of nitrogens with zero attached hydrogens (tertiary/aromatic N) is 1. The average molecular weight is 173 g/mol. The number of ether oxygens (including phenoxy) is 2. The van der Waals surface area contributed by atoms with Gasteiger partial charge in [-0.1, -0.05) is 0 Å². The molecular formula is C8H15NO3. The van der Waals surface area contributed by atoms with Crippen molar-refractivity contribution < 1.29 is 14.3 Å². The average Bonchev–Trinajstić information content (AvgIpc) is 2.01. The van der Waals surface area contributed by atoms with Gasteiger partial charge in [0.1, 0.15) is 0 Å². The lowest BCUT2D eigenvalue weighted by Crippen LogP contribution is -2.48. The molecule has 4 nitrogen and oxygen atoms in total. The van der Waals surface area contributed by atoms with Gasteiger partial charge in [-0.15, -0.1) is 0 Å². The molecule has 1 aliphatic heterocycles. The molecule has 1 aliphatic rings. The maximum Gasteiger partial charge on any atom is 0.409 e. The van der Waals surface area contributed by atoms with Crippen LogP contribution < -0.4 is 0 Å². The molecule has 0 N–H and O–H groups in total. The van der Waals surface area contributed by atoms with Crippen LogP contribution in [0, 0.1) is 0 Å². The lowest BCUT2D eigenvalue weighted by Gasteiger charge is -2.34. The predicted octanol–water partition coefficient (Wildman–Crippen LogP) is 0.862. The van der Waals surface area contributed by atoms with E-state index in [1.165, 1.54) is 7.11 Å².